The number of hydrogen-bond donors (Lipinski definition) is 0. The molecule has 1 fully saturated rings. The third-order valence-electron chi connectivity index (χ3n) is 17.6. The first-order valence-electron chi connectivity index (χ1n) is 25.0. The molecule has 0 aromatic heterocycles. The van der Waals surface area contributed by atoms with Gasteiger partial charge in [-0.2, -0.15) is 0 Å². The summed E-state index contributed by atoms with van der Waals surface area (Å²) in [5.74, 6) is 0. The Morgan fingerprint density at radius 2 is 0.783 bits per heavy atom. The lowest BCUT2D eigenvalue weighted by atomic mass is 9.51. The lowest BCUT2D eigenvalue weighted by molar-refractivity contribution is 0.0484. The van der Waals surface area contributed by atoms with Gasteiger partial charge in [0.25, 0.3) is 0 Å². The summed E-state index contributed by atoms with van der Waals surface area (Å²) in [4.78, 5) is 2.72. The Kier molecular flexibility index (Phi) is 8.55. The van der Waals surface area contributed by atoms with Crippen LogP contribution in [-0.2, 0) is 5.41 Å². The molecule has 1 saturated carbocycles. The van der Waals surface area contributed by atoms with Gasteiger partial charge in [0.05, 0.1) is 5.54 Å². The van der Waals surface area contributed by atoms with E-state index >= 15 is 0 Å². The molecule has 0 N–H and O–H groups in total. The minimum atomic E-state index is -0.132. The molecule has 1 heteroatoms. The van der Waals surface area contributed by atoms with E-state index in [-0.39, 0.29) is 16.4 Å². The van der Waals surface area contributed by atoms with Crippen molar-refractivity contribution in [2.45, 2.75) is 57.9 Å². The molecule has 0 radical (unpaired) electrons. The fourth-order valence-corrected chi connectivity index (χ4v) is 13.9. The molecule has 0 amide bonds. The fourth-order valence-electron chi connectivity index (χ4n) is 13.9. The maximum atomic E-state index is 2.72. The van der Waals surface area contributed by atoms with Crippen molar-refractivity contribution in [2.24, 2.45) is 5.41 Å². The summed E-state index contributed by atoms with van der Waals surface area (Å²) >= 11 is 0. The molecule has 1 nitrogen and oxygen atoms in total. The van der Waals surface area contributed by atoms with Gasteiger partial charge in [-0.05, 0) is 176 Å². The Morgan fingerprint density at radius 3 is 1.29 bits per heavy atom. The first-order valence-corrected chi connectivity index (χ1v) is 25.0. The number of benzene rings is 12. The molecule has 1 aliphatic heterocycles. The molecule has 14 rings (SSSR count). The second-order valence-electron chi connectivity index (χ2n) is 21.1. The predicted octanol–water partition coefficient (Wildman–Crippen LogP) is 19.1. The van der Waals surface area contributed by atoms with Crippen LogP contribution >= 0.6 is 0 Å². The average molecular weight is 884 g/mol. The summed E-state index contributed by atoms with van der Waals surface area (Å²) in [5, 5.41) is 15.4. The van der Waals surface area contributed by atoms with Gasteiger partial charge in [-0.15, -0.1) is 0 Å². The summed E-state index contributed by atoms with van der Waals surface area (Å²) in [5.41, 5.74) is 14.1. The summed E-state index contributed by atoms with van der Waals surface area (Å²) in [7, 11) is 0. The summed E-state index contributed by atoms with van der Waals surface area (Å²) in [6.45, 7) is 10.2. The standard InChI is InChI=1S/C68H53N/c1-66(2)38-17-39-67(3)62-40-46(32-37-63(62)69(68(66,67)4)47-24-6-5-7-25-47)58-41-59(51-29-14-21-43-18-8-11-26-48(43)51)55-35-36-57-61(53-31-16-23-45-20-10-13-28-50(45)53)42-60(56-34-33-54(58)64(55)65(56)57)52-30-15-22-44-19-9-12-27-49(44)52/h5-16,18-37,40-42H,17,38-39H2,1-4H3. The number of nitrogens with zero attached hydrogens (tertiary/aromatic N) is 1. The van der Waals surface area contributed by atoms with E-state index in [0.717, 1.165) is 6.42 Å². The smallest absolute Gasteiger partial charge is 0.0568 e. The highest BCUT2D eigenvalue weighted by Gasteiger charge is 2.64. The number of para-hydroxylation sites is 1. The Bertz CT molecular complexity index is 3950. The zero-order valence-corrected chi connectivity index (χ0v) is 39.8. The van der Waals surface area contributed by atoms with Gasteiger partial charge in [-0.1, -0.05) is 203 Å². The van der Waals surface area contributed by atoms with E-state index in [9.17, 15) is 0 Å². The van der Waals surface area contributed by atoms with Gasteiger partial charge in [-0.25, -0.2) is 0 Å². The molecular weight excluding hydrogens is 831 g/mol. The summed E-state index contributed by atoms with van der Waals surface area (Å²) in [6, 6.07) is 80.7. The van der Waals surface area contributed by atoms with Crippen LogP contribution in [0.4, 0.5) is 11.4 Å². The Morgan fingerprint density at radius 1 is 0.348 bits per heavy atom. The Hall–Kier alpha value is -7.74. The lowest BCUT2D eigenvalue weighted by Gasteiger charge is -2.59. The van der Waals surface area contributed by atoms with Gasteiger partial charge in [-0.3, -0.25) is 0 Å². The number of rotatable bonds is 5. The minimum absolute atomic E-state index is 0.0705. The normalized spacial score (nSPS) is 18.8. The van der Waals surface area contributed by atoms with Gasteiger partial charge in [0.1, 0.15) is 0 Å². The molecule has 0 spiro atoms. The van der Waals surface area contributed by atoms with Crippen molar-refractivity contribution in [3.05, 3.63) is 218 Å². The highest BCUT2D eigenvalue weighted by molar-refractivity contribution is 6.33. The zero-order valence-electron chi connectivity index (χ0n) is 39.8. The third kappa shape index (κ3) is 5.53. The molecule has 2 aliphatic rings. The van der Waals surface area contributed by atoms with E-state index in [2.05, 4.69) is 245 Å². The molecule has 1 heterocycles. The van der Waals surface area contributed by atoms with E-state index in [4.69, 9.17) is 0 Å². The van der Waals surface area contributed by atoms with Crippen LogP contribution in [0.5, 0.6) is 0 Å². The van der Waals surface area contributed by atoms with Crippen molar-refractivity contribution in [2.75, 3.05) is 4.90 Å². The third-order valence-corrected chi connectivity index (χ3v) is 17.6. The van der Waals surface area contributed by atoms with Gasteiger partial charge in [0.15, 0.2) is 0 Å². The largest absolute Gasteiger partial charge is 0.334 e. The molecular formula is C68H53N. The van der Waals surface area contributed by atoms with Crippen molar-refractivity contribution in [3.8, 4) is 44.5 Å². The summed E-state index contributed by atoms with van der Waals surface area (Å²) in [6.07, 6.45) is 3.57. The fraction of sp³-hybridized carbons (Fsp3) is 0.147. The molecule has 1 aliphatic carbocycles. The van der Waals surface area contributed by atoms with Crippen molar-refractivity contribution in [1.29, 1.82) is 0 Å². The lowest BCUT2D eigenvalue weighted by Crippen LogP contribution is -2.64. The first kappa shape index (κ1) is 40.3. The van der Waals surface area contributed by atoms with E-state index in [1.807, 2.05) is 0 Å². The van der Waals surface area contributed by atoms with E-state index in [0.29, 0.717) is 0 Å². The maximum absolute atomic E-state index is 2.72. The van der Waals surface area contributed by atoms with Crippen LogP contribution < -0.4 is 4.90 Å². The van der Waals surface area contributed by atoms with E-state index < -0.39 is 0 Å². The minimum Gasteiger partial charge on any atom is -0.334 e. The van der Waals surface area contributed by atoms with Crippen molar-refractivity contribution >= 4 is 76.0 Å². The van der Waals surface area contributed by atoms with Crippen LogP contribution in [0.2, 0.25) is 0 Å². The molecule has 69 heavy (non-hydrogen) atoms. The quantitative estimate of drug-likeness (QED) is 0.156. The SMILES string of the molecule is CC1(C)CCCC2(C)c3cc(-c4cc(-c5cccc6ccccc56)c5ccc6c(-c7cccc8ccccc78)cc(-c7cccc8ccccc78)c7ccc4c5c76)ccc3N(c3ccccc3)C12C. The molecule has 0 bridgehead atoms. The average Bonchev–Trinajstić information content (AvgIpc) is 3.60. The Balaban J connectivity index is 1.12. The summed E-state index contributed by atoms with van der Waals surface area (Å²) < 4.78 is 0. The molecule has 2 atom stereocenters. The topological polar surface area (TPSA) is 3.24 Å². The number of hydrogen-bond acceptors (Lipinski definition) is 1. The van der Waals surface area contributed by atoms with Crippen LogP contribution in [0.3, 0.4) is 0 Å². The monoisotopic (exact) mass is 883 g/mol. The highest BCUT2D eigenvalue weighted by atomic mass is 15.3. The molecule has 12 aromatic carbocycles. The number of fused-ring (bicyclic) bond motifs is 6. The molecule has 330 valence electrons. The molecule has 0 saturated heterocycles. The predicted molar refractivity (Wildman–Crippen MR) is 296 cm³/mol. The van der Waals surface area contributed by atoms with E-state index in [1.165, 1.54) is 139 Å². The van der Waals surface area contributed by atoms with Crippen molar-refractivity contribution in [1.82, 2.24) is 0 Å². The Labute approximate surface area is 404 Å². The van der Waals surface area contributed by atoms with Crippen LogP contribution in [0, 0.1) is 5.41 Å². The van der Waals surface area contributed by atoms with Crippen molar-refractivity contribution < 1.29 is 0 Å². The second kappa shape index (κ2) is 14.6. The van der Waals surface area contributed by atoms with Crippen LogP contribution in [-0.4, -0.2) is 5.54 Å². The van der Waals surface area contributed by atoms with Crippen molar-refractivity contribution in [3.63, 3.8) is 0 Å². The maximum Gasteiger partial charge on any atom is 0.0568 e. The zero-order chi connectivity index (χ0) is 46.2. The second-order valence-corrected chi connectivity index (χ2v) is 21.1. The van der Waals surface area contributed by atoms with E-state index in [1.54, 1.807) is 0 Å². The number of anilines is 2. The van der Waals surface area contributed by atoms with Gasteiger partial charge < -0.3 is 4.90 Å². The van der Waals surface area contributed by atoms with Crippen LogP contribution in [0.25, 0.3) is 109 Å². The van der Waals surface area contributed by atoms with Crippen LogP contribution in [0.1, 0.15) is 52.5 Å². The van der Waals surface area contributed by atoms with Crippen LogP contribution in [0.15, 0.2) is 212 Å². The first-order chi connectivity index (χ1) is 33.7. The van der Waals surface area contributed by atoms with Gasteiger partial charge >= 0.3 is 0 Å². The van der Waals surface area contributed by atoms with Gasteiger partial charge in [0.2, 0.25) is 0 Å². The molecule has 12 aromatic rings. The highest BCUT2D eigenvalue weighted by Crippen LogP contribution is 2.66. The molecule has 2 unspecified atom stereocenters. The van der Waals surface area contributed by atoms with Gasteiger partial charge in [0, 0.05) is 16.8 Å².